The number of carbonyl (C=O) groups excluding carboxylic acids is 1. The van der Waals surface area contributed by atoms with Gasteiger partial charge in [-0.2, -0.15) is 0 Å². The number of aryl methyl sites for hydroxylation is 1. The number of anilines is 1. The van der Waals surface area contributed by atoms with E-state index >= 15 is 0 Å². The third kappa shape index (κ3) is 3.79. The van der Waals surface area contributed by atoms with Crippen molar-refractivity contribution in [3.63, 3.8) is 0 Å². The van der Waals surface area contributed by atoms with Gasteiger partial charge in [-0.05, 0) is 37.1 Å². The molecule has 0 saturated carbocycles. The van der Waals surface area contributed by atoms with Crippen LogP contribution < -0.4 is 4.72 Å². The van der Waals surface area contributed by atoms with Crippen LogP contribution in [-0.2, 0) is 10.0 Å². The molecule has 0 radical (unpaired) electrons. The van der Waals surface area contributed by atoms with E-state index in [1.165, 1.54) is 32.0 Å². The number of halogens is 1. The van der Waals surface area contributed by atoms with Crippen LogP contribution >= 0.6 is 11.6 Å². The Morgan fingerprint density at radius 2 is 1.78 bits per heavy atom. The Morgan fingerprint density at radius 3 is 2.30 bits per heavy atom. The molecule has 0 aliphatic rings. The summed E-state index contributed by atoms with van der Waals surface area (Å²) in [6, 6.07) is 4.93. The lowest BCUT2D eigenvalue weighted by Crippen LogP contribution is -2.19. The zero-order valence-corrected chi connectivity index (χ0v) is 15.7. The summed E-state index contributed by atoms with van der Waals surface area (Å²) >= 11 is 5.97. The Labute approximate surface area is 159 Å². The number of nitrogens with one attached hydrogen (secondary N) is 1. The molecule has 0 atom stereocenters. The largest absolute Gasteiger partial charge is 0.478 e. The minimum absolute atomic E-state index is 0.0274. The Balaban J connectivity index is 2.67. The van der Waals surface area contributed by atoms with E-state index < -0.39 is 33.1 Å². The second-order valence-corrected chi connectivity index (χ2v) is 7.64. The molecule has 10 heteroatoms. The Morgan fingerprint density at radius 1 is 1.15 bits per heavy atom. The molecule has 0 aliphatic carbocycles. The number of sulfonamides is 1. The van der Waals surface area contributed by atoms with Gasteiger partial charge in [-0.25, -0.2) is 18.0 Å². The van der Waals surface area contributed by atoms with Crippen molar-refractivity contribution >= 4 is 45.5 Å². The van der Waals surface area contributed by atoms with Gasteiger partial charge in [0.1, 0.15) is 4.90 Å². The fourth-order valence-corrected chi connectivity index (χ4v) is 4.38. The first kappa shape index (κ1) is 20.4. The van der Waals surface area contributed by atoms with Crippen molar-refractivity contribution in [1.29, 1.82) is 0 Å². The van der Waals surface area contributed by atoms with Crippen molar-refractivity contribution in [2.45, 2.75) is 18.7 Å². The lowest BCUT2D eigenvalue weighted by atomic mass is 9.97. The van der Waals surface area contributed by atoms with Crippen LogP contribution in [-0.4, -0.2) is 36.9 Å². The molecule has 0 fully saturated rings. The van der Waals surface area contributed by atoms with E-state index in [2.05, 4.69) is 4.72 Å². The van der Waals surface area contributed by atoms with Gasteiger partial charge in [-0.15, -0.1) is 0 Å². The van der Waals surface area contributed by atoms with Crippen LogP contribution in [0.4, 0.5) is 5.69 Å². The van der Waals surface area contributed by atoms with Crippen molar-refractivity contribution in [1.82, 2.24) is 0 Å². The standard InChI is InChI=1S/C17H14ClNO7S/c1-8-6-11(16(21)22)13(17(23)24)9(2)15(8)19-27(25,26)12-5-3-4-10(7-20)14(12)18/h3-7,19H,1-2H3,(H,21,22)(H,23,24). The predicted octanol–water partition coefficient (Wildman–Crippen LogP) is 2.97. The molecular weight excluding hydrogens is 398 g/mol. The van der Waals surface area contributed by atoms with Crippen molar-refractivity contribution in [3.8, 4) is 0 Å². The lowest BCUT2D eigenvalue weighted by molar-refractivity contribution is 0.0651. The number of carbonyl (C=O) groups is 3. The number of rotatable bonds is 6. The summed E-state index contributed by atoms with van der Waals surface area (Å²) < 4.78 is 27.7. The molecule has 0 unspecified atom stereocenters. The predicted molar refractivity (Wildman–Crippen MR) is 97.5 cm³/mol. The maximum absolute atomic E-state index is 12.7. The van der Waals surface area contributed by atoms with Crippen LogP contribution in [0.5, 0.6) is 0 Å². The number of carboxylic acids is 2. The highest BCUT2D eigenvalue weighted by Gasteiger charge is 2.26. The summed E-state index contributed by atoms with van der Waals surface area (Å²) in [4.78, 5) is 33.4. The molecule has 2 aromatic carbocycles. The van der Waals surface area contributed by atoms with E-state index in [1.807, 2.05) is 0 Å². The lowest BCUT2D eigenvalue weighted by Gasteiger charge is -2.17. The number of hydrogen-bond donors (Lipinski definition) is 3. The molecule has 0 bridgehead atoms. The molecule has 142 valence electrons. The van der Waals surface area contributed by atoms with Gasteiger partial charge >= 0.3 is 11.9 Å². The molecule has 2 rings (SSSR count). The monoisotopic (exact) mass is 411 g/mol. The van der Waals surface area contributed by atoms with Crippen molar-refractivity contribution in [2.24, 2.45) is 0 Å². The summed E-state index contributed by atoms with van der Waals surface area (Å²) in [5.74, 6) is -2.96. The number of aldehydes is 1. The minimum Gasteiger partial charge on any atom is -0.478 e. The van der Waals surface area contributed by atoms with E-state index in [1.54, 1.807) is 0 Å². The van der Waals surface area contributed by atoms with Crippen LogP contribution in [0.3, 0.4) is 0 Å². The molecule has 8 nitrogen and oxygen atoms in total. The zero-order valence-electron chi connectivity index (χ0n) is 14.1. The highest BCUT2D eigenvalue weighted by Crippen LogP contribution is 2.31. The molecule has 0 spiro atoms. The number of aromatic carboxylic acids is 2. The molecule has 0 heterocycles. The fraction of sp³-hybridized carbons (Fsp3) is 0.118. The van der Waals surface area contributed by atoms with E-state index in [0.29, 0.717) is 6.29 Å². The normalized spacial score (nSPS) is 11.1. The quantitative estimate of drug-likeness (QED) is 0.621. The molecule has 27 heavy (non-hydrogen) atoms. The minimum atomic E-state index is -4.28. The smallest absolute Gasteiger partial charge is 0.336 e. The van der Waals surface area contributed by atoms with Crippen molar-refractivity contribution in [2.75, 3.05) is 4.72 Å². The average Bonchev–Trinajstić information content (AvgIpc) is 2.57. The van der Waals surface area contributed by atoms with Crippen molar-refractivity contribution < 1.29 is 33.0 Å². The van der Waals surface area contributed by atoms with Crippen molar-refractivity contribution in [3.05, 3.63) is 57.1 Å². The number of hydrogen-bond acceptors (Lipinski definition) is 5. The van der Waals surface area contributed by atoms with E-state index in [-0.39, 0.29) is 32.3 Å². The molecule has 0 amide bonds. The van der Waals surface area contributed by atoms with Crippen LogP contribution in [0, 0.1) is 13.8 Å². The first-order chi connectivity index (χ1) is 12.5. The molecule has 3 N–H and O–H groups in total. The van der Waals surface area contributed by atoms with Gasteiger partial charge in [-0.3, -0.25) is 9.52 Å². The van der Waals surface area contributed by atoms with Crippen LogP contribution in [0.25, 0.3) is 0 Å². The van der Waals surface area contributed by atoms with Gasteiger partial charge in [0, 0.05) is 5.56 Å². The third-order valence-corrected chi connectivity index (χ3v) is 5.79. The fourth-order valence-electron chi connectivity index (χ4n) is 2.60. The van der Waals surface area contributed by atoms with Gasteiger partial charge in [0.2, 0.25) is 0 Å². The van der Waals surface area contributed by atoms with Gasteiger partial charge in [0.15, 0.2) is 6.29 Å². The highest BCUT2D eigenvalue weighted by molar-refractivity contribution is 7.92. The second-order valence-electron chi connectivity index (χ2n) is 5.61. The molecule has 0 aliphatic heterocycles. The van der Waals surface area contributed by atoms with E-state index in [4.69, 9.17) is 11.6 Å². The molecular formula is C17H14ClNO7S. The van der Waals surface area contributed by atoms with E-state index in [0.717, 1.165) is 6.07 Å². The maximum atomic E-state index is 12.7. The number of carboxylic acid groups (broad SMARTS) is 2. The molecule has 2 aromatic rings. The first-order valence-corrected chi connectivity index (χ1v) is 9.24. The highest BCUT2D eigenvalue weighted by atomic mass is 35.5. The van der Waals surface area contributed by atoms with Gasteiger partial charge in [-0.1, -0.05) is 23.7 Å². The van der Waals surface area contributed by atoms with Crippen LogP contribution in [0.2, 0.25) is 5.02 Å². The van der Waals surface area contributed by atoms with E-state index in [9.17, 15) is 33.0 Å². The van der Waals surface area contributed by atoms with Gasteiger partial charge < -0.3 is 10.2 Å². The van der Waals surface area contributed by atoms with Gasteiger partial charge in [0.25, 0.3) is 10.0 Å². The average molecular weight is 412 g/mol. The maximum Gasteiger partial charge on any atom is 0.336 e. The van der Waals surface area contributed by atoms with Crippen LogP contribution in [0.15, 0.2) is 29.2 Å². The SMILES string of the molecule is Cc1cc(C(=O)O)c(C(=O)O)c(C)c1NS(=O)(=O)c1cccc(C=O)c1Cl. The summed E-state index contributed by atoms with van der Waals surface area (Å²) in [6.07, 6.45) is 0.405. The second kappa shape index (κ2) is 7.37. The topological polar surface area (TPSA) is 138 Å². The summed E-state index contributed by atoms with van der Waals surface area (Å²) in [5.41, 5.74) is -0.947. The first-order valence-electron chi connectivity index (χ1n) is 7.38. The zero-order chi connectivity index (χ0) is 20.5. The third-order valence-electron chi connectivity index (χ3n) is 3.86. The Bertz CT molecular complexity index is 1080. The molecule has 0 saturated heterocycles. The summed E-state index contributed by atoms with van der Waals surface area (Å²) in [7, 11) is -4.28. The molecule has 0 aromatic heterocycles. The van der Waals surface area contributed by atoms with Crippen LogP contribution in [0.1, 0.15) is 42.2 Å². The summed E-state index contributed by atoms with van der Waals surface area (Å²) in [6.45, 7) is 2.73. The number of benzene rings is 2. The Hall–Kier alpha value is -2.91. The summed E-state index contributed by atoms with van der Waals surface area (Å²) in [5, 5.41) is 18.3. The Kier molecular flexibility index (Phi) is 5.57. The van der Waals surface area contributed by atoms with Gasteiger partial charge in [0.05, 0.1) is 21.8 Å².